The normalized spacial score (nSPS) is 23.5. The van der Waals surface area contributed by atoms with Crippen LogP contribution < -0.4 is 5.32 Å². The minimum Gasteiger partial charge on any atom is -0.327 e. The van der Waals surface area contributed by atoms with Gasteiger partial charge in [0.25, 0.3) is 5.91 Å². The Morgan fingerprint density at radius 3 is 2.94 bits per heavy atom. The van der Waals surface area contributed by atoms with E-state index in [9.17, 15) is 9.59 Å². The molecule has 1 atom stereocenters. The molecule has 1 aromatic carbocycles. The molecular formula is C12H12N2O2. The number of fused-ring (bicyclic) bond motifs is 2. The predicted octanol–water partition coefficient (Wildman–Crippen LogP) is 1.24. The van der Waals surface area contributed by atoms with Crippen LogP contribution >= 0.6 is 0 Å². The fourth-order valence-electron chi connectivity index (χ4n) is 2.43. The van der Waals surface area contributed by atoms with Gasteiger partial charge in [-0.15, -0.1) is 0 Å². The van der Waals surface area contributed by atoms with Gasteiger partial charge in [-0.05, 0) is 25.0 Å². The van der Waals surface area contributed by atoms with E-state index in [-0.39, 0.29) is 17.9 Å². The van der Waals surface area contributed by atoms with Crippen molar-refractivity contribution in [3.63, 3.8) is 0 Å². The molecule has 4 heteroatoms. The summed E-state index contributed by atoms with van der Waals surface area (Å²) in [6.07, 6.45) is 1.68. The van der Waals surface area contributed by atoms with Gasteiger partial charge in [0.15, 0.2) is 0 Å². The average Bonchev–Trinajstić information content (AvgIpc) is 2.74. The Morgan fingerprint density at radius 2 is 2.06 bits per heavy atom. The number of carbonyl (C=O) groups excluding carboxylic acids is 2. The topological polar surface area (TPSA) is 49.4 Å². The summed E-state index contributed by atoms with van der Waals surface area (Å²) < 4.78 is 0. The fourth-order valence-corrected chi connectivity index (χ4v) is 2.43. The zero-order valence-corrected chi connectivity index (χ0v) is 8.77. The highest BCUT2D eigenvalue weighted by Gasteiger charge is 2.37. The molecule has 4 nitrogen and oxygen atoms in total. The molecule has 1 saturated heterocycles. The monoisotopic (exact) mass is 216 g/mol. The smallest absolute Gasteiger partial charge is 0.256 e. The highest BCUT2D eigenvalue weighted by molar-refractivity contribution is 6.10. The molecule has 2 aliphatic heterocycles. The zero-order chi connectivity index (χ0) is 11.1. The van der Waals surface area contributed by atoms with Crippen LogP contribution in [0.3, 0.4) is 0 Å². The number of anilines is 1. The lowest BCUT2D eigenvalue weighted by atomic mass is 10.1. The number of benzene rings is 1. The van der Waals surface area contributed by atoms with Gasteiger partial charge in [-0.1, -0.05) is 12.1 Å². The maximum atomic E-state index is 12.2. The van der Waals surface area contributed by atoms with E-state index >= 15 is 0 Å². The fraction of sp³-hybridized carbons (Fsp3) is 0.333. The Balaban J connectivity index is 2.11. The lowest BCUT2D eigenvalue weighted by Crippen LogP contribution is -2.40. The molecule has 1 fully saturated rings. The van der Waals surface area contributed by atoms with E-state index in [1.807, 2.05) is 12.1 Å². The van der Waals surface area contributed by atoms with E-state index in [4.69, 9.17) is 0 Å². The Labute approximate surface area is 93.2 Å². The van der Waals surface area contributed by atoms with Crippen molar-refractivity contribution in [2.75, 3.05) is 11.9 Å². The molecule has 0 radical (unpaired) electrons. The number of nitrogens with zero attached hydrogens (tertiary/aromatic N) is 1. The van der Waals surface area contributed by atoms with Crippen molar-refractivity contribution in [3.05, 3.63) is 29.8 Å². The van der Waals surface area contributed by atoms with Gasteiger partial charge in [-0.3, -0.25) is 9.59 Å². The van der Waals surface area contributed by atoms with Gasteiger partial charge in [-0.25, -0.2) is 0 Å². The summed E-state index contributed by atoms with van der Waals surface area (Å²) >= 11 is 0. The van der Waals surface area contributed by atoms with Gasteiger partial charge in [-0.2, -0.15) is 0 Å². The lowest BCUT2D eigenvalue weighted by molar-refractivity contribution is -0.119. The first-order valence-electron chi connectivity index (χ1n) is 5.48. The van der Waals surface area contributed by atoms with Gasteiger partial charge in [0.1, 0.15) is 6.04 Å². The van der Waals surface area contributed by atoms with Gasteiger partial charge >= 0.3 is 0 Å². The van der Waals surface area contributed by atoms with Gasteiger partial charge in [0.05, 0.1) is 11.3 Å². The van der Waals surface area contributed by atoms with E-state index in [1.54, 1.807) is 17.0 Å². The second kappa shape index (κ2) is 3.33. The largest absolute Gasteiger partial charge is 0.327 e. The highest BCUT2D eigenvalue weighted by atomic mass is 16.2. The zero-order valence-electron chi connectivity index (χ0n) is 8.77. The van der Waals surface area contributed by atoms with Crippen LogP contribution in [-0.2, 0) is 4.79 Å². The van der Waals surface area contributed by atoms with Crippen LogP contribution in [0.5, 0.6) is 0 Å². The minimum atomic E-state index is -0.278. The Hall–Kier alpha value is -1.84. The molecule has 0 aromatic heterocycles. The summed E-state index contributed by atoms with van der Waals surface area (Å²) in [6.45, 7) is 0.686. The van der Waals surface area contributed by atoms with E-state index in [0.29, 0.717) is 17.8 Å². The number of carbonyl (C=O) groups is 2. The van der Waals surface area contributed by atoms with E-state index in [0.717, 1.165) is 12.8 Å². The summed E-state index contributed by atoms with van der Waals surface area (Å²) in [5.41, 5.74) is 1.23. The molecule has 82 valence electrons. The van der Waals surface area contributed by atoms with Crippen molar-refractivity contribution >= 4 is 17.5 Å². The summed E-state index contributed by atoms with van der Waals surface area (Å²) in [7, 11) is 0. The third kappa shape index (κ3) is 1.23. The molecule has 0 unspecified atom stereocenters. The first-order chi connectivity index (χ1) is 7.77. The minimum absolute atomic E-state index is 0.0311. The van der Waals surface area contributed by atoms with Crippen molar-refractivity contribution in [1.82, 2.24) is 4.90 Å². The average molecular weight is 216 g/mol. The van der Waals surface area contributed by atoms with Crippen molar-refractivity contribution in [2.45, 2.75) is 18.9 Å². The maximum absolute atomic E-state index is 12.2. The standard InChI is InChI=1S/C12H12N2O2/c15-11-10-6-3-7-14(10)12(16)8-4-1-2-5-9(8)13-11/h1-2,4-5,10H,3,6-7H2,(H,13,15)/t10-/m0/s1. The lowest BCUT2D eigenvalue weighted by Gasteiger charge is -2.19. The predicted molar refractivity (Wildman–Crippen MR) is 59.1 cm³/mol. The molecule has 0 saturated carbocycles. The molecular weight excluding hydrogens is 204 g/mol. The van der Waals surface area contributed by atoms with Gasteiger partial charge in [0.2, 0.25) is 5.91 Å². The van der Waals surface area contributed by atoms with Crippen LogP contribution in [0.4, 0.5) is 5.69 Å². The summed E-state index contributed by atoms with van der Waals surface area (Å²) in [4.78, 5) is 25.8. The number of rotatable bonds is 0. The summed E-state index contributed by atoms with van der Waals surface area (Å²) in [6, 6.07) is 6.90. The first kappa shape index (κ1) is 9.39. The second-order valence-corrected chi connectivity index (χ2v) is 4.19. The van der Waals surface area contributed by atoms with Crippen LogP contribution in [0.2, 0.25) is 0 Å². The van der Waals surface area contributed by atoms with Crippen molar-refractivity contribution < 1.29 is 9.59 Å². The molecule has 0 aliphatic carbocycles. The number of hydrogen-bond donors (Lipinski definition) is 1. The van der Waals surface area contributed by atoms with Gasteiger partial charge < -0.3 is 10.2 Å². The van der Waals surface area contributed by atoms with E-state index in [1.165, 1.54) is 0 Å². The Bertz CT molecular complexity index is 470. The van der Waals surface area contributed by atoms with Crippen molar-refractivity contribution in [1.29, 1.82) is 0 Å². The molecule has 16 heavy (non-hydrogen) atoms. The van der Waals surface area contributed by atoms with Crippen LogP contribution in [-0.4, -0.2) is 29.3 Å². The third-order valence-corrected chi connectivity index (χ3v) is 3.23. The molecule has 0 spiro atoms. The molecule has 1 N–H and O–H groups in total. The highest BCUT2D eigenvalue weighted by Crippen LogP contribution is 2.28. The molecule has 2 aliphatic rings. The number of para-hydroxylation sites is 1. The number of amides is 2. The summed E-state index contributed by atoms with van der Waals surface area (Å²) in [5, 5.41) is 2.82. The first-order valence-corrected chi connectivity index (χ1v) is 5.48. The van der Waals surface area contributed by atoms with Crippen LogP contribution in [0.25, 0.3) is 0 Å². The van der Waals surface area contributed by atoms with Crippen LogP contribution in [0.1, 0.15) is 23.2 Å². The summed E-state index contributed by atoms with van der Waals surface area (Å²) in [5.74, 6) is -0.0905. The molecule has 3 rings (SSSR count). The Morgan fingerprint density at radius 1 is 1.25 bits per heavy atom. The second-order valence-electron chi connectivity index (χ2n) is 4.19. The van der Waals surface area contributed by atoms with Crippen LogP contribution in [0, 0.1) is 0 Å². The Kier molecular flexibility index (Phi) is 1.96. The van der Waals surface area contributed by atoms with Crippen molar-refractivity contribution in [3.8, 4) is 0 Å². The van der Waals surface area contributed by atoms with Crippen LogP contribution in [0.15, 0.2) is 24.3 Å². The number of nitrogens with one attached hydrogen (secondary N) is 1. The SMILES string of the molecule is O=C1Nc2ccccc2C(=O)N2CCC[C@@H]12. The third-order valence-electron chi connectivity index (χ3n) is 3.23. The quantitative estimate of drug-likeness (QED) is 0.709. The van der Waals surface area contributed by atoms with Gasteiger partial charge in [0, 0.05) is 6.54 Å². The maximum Gasteiger partial charge on any atom is 0.256 e. The van der Waals surface area contributed by atoms with E-state index in [2.05, 4.69) is 5.32 Å². The van der Waals surface area contributed by atoms with Crippen molar-refractivity contribution in [2.24, 2.45) is 0 Å². The molecule has 2 amide bonds. The molecule has 2 heterocycles. The molecule has 0 bridgehead atoms. The molecule has 1 aromatic rings. The van der Waals surface area contributed by atoms with E-state index < -0.39 is 0 Å². The number of hydrogen-bond acceptors (Lipinski definition) is 2.